The maximum Gasteiger partial charge on any atom is 0.141 e. The fourth-order valence-electron chi connectivity index (χ4n) is 3.81. The van der Waals surface area contributed by atoms with Gasteiger partial charge in [-0.25, -0.2) is 0 Å². The first kappa shape index (κ1) is 8.74. The molecule has 0 radical (unpaired) electrons. The Morgan fingerprint density at radius 2 is 2.00 bits per heavy atom. The normalized spacial score (nSPS) is 51.3. The first-order chi connectivity index (χ1) is 5.86. The molecule has 0 heterocycles. The van der Waals surface area contributed by atoms with Crippen LogP contribution in [-0.4, -0.2) is 5.78 Å². The second kappa shape index (κ2) is 1.82. The molecule has 0 amide bonds. The van der Waals surface area contributed by atoms with Crippen LogP contribution >= 0.6 is 0 Å². The van der Waals surface area contributed by atoms with Crippen LogP contribution in [0, 0.1) is 33.5 Å². The lowest BCUT2D eigenvalue weighted by Gasteiger charge is -2.17. The molecule has 2 aliphatic rings. The van der Waals surface area contributed by atoms with E-state index in [0.29, 0.717) is 6.42 Å². The van der Waals surface area contributed by atoms with Crippen LogP contribution in [-0.2, 0) is 4.79 Å². The van der Waals surface area contributed by atoms with E-state index in [4.69, 9.17) is 0 Å². The van der Waals surface area contributed by atoms with Crippen LogP contribution in [0.4, 0.5) is 0 Å². The summed E-state index contributed by atoms with van der Waals surface area (Å²) in [5, 5.41) is 9.25. The number of carbonyl (C=O) groups excluding carboxylic acids is 1. The molecule has 13 heavy (non-hydrogen) atoms. The van der Waals surface area contributed by atoms with E-state index in [9.17, 15) is 10.1 Å². The van der Waals surface area contributed by atoms with Gasteiger partial charge in [-0.2, -0.15) is 5.26 Å². The maximum absolute atomic E-state index is 11.8. The second-order valence-electron chi connectivity index (χ2n) is 5.20. The molecule has 0 aromatic carbocycles. The van der Waals surface area contributed by atoms with E-state index >= 15 is 0 Å². The zero-order chi connectivity index (χ0) is 10.1. The third kappa shape index (κ3) is 0.503. The SMILES string of the molecule is CC1CC(=O)C2(C)C(C)(C)C12C#N. The van der Waals surface area contributed by atoms with Gasteiger partial charge >= 0.3 is 0 Å². The summed E-state index contributed by atoms with van der Waals surface area (Å²) in [5.41, 5.74) is -0.866. The van der Waals surface area contributed by atoms with Gasteiger partial charge in [0.05, 0.1) is 16.9 Å². The van der Waals surface area contributed by atoms with Gasteiger partial charge in [-0.15, -0.1) is 0 Å². The average Bonchev–Trinajstić information content (AvgIpc) is 2.31. The Labute approximate surface area is 78.9 Å². The van der Waals surface area contributed by atoms with Crippen LogP contribution in [0.25, 0.3) is 0 Å². The number of hydrogen-bond donors (Lipinski definition) is 0. The molecule has 0 aromatic heterocycles. The number of nitriles is 1. The number of ketones is 1. The van der Waals surface area contributed by atoms with Crippen molar-refractivity contribution in [3.05, 3.63) is 0 Å². The fraction of sp³-hybridized carbons (Fsp3) is 0.818. The lowest BCUT2D eigenvalue weighted by atomic mass is 9.84. The molecular formula is C11H15NO. The van der Waals surface area contributed by atoms with Crippen molar-refractivity contribution in [3.8, 4) is 6.07 Å². The first-order valence-corrected chi connectivity index (χ1v) is 4.81. The standard InChI is InChI=1S/C11H15NO/c1-7-5-8(13)10(4)9(2,3)11(7,10)6-12/h7H,5H2,1-4H3. The van der Waals surface area contributed by atoms with Crippen LogP contribution in [0.1, 0.15) is 34.1 Å². The molecule has 2 fully saturated rings. The predicted molar refractivity (Wildman–Crippen MR) is 48.7 cm³/mol. The number of rotatable bonds is 0. The zero-order valence-corrected chi connectivity index (χ0v) is 8.64. The van der Waals surface area contributed by atoms with Crippen LogP contribution in [0.3, 0.4) is 0 Å². The van der Waals surface area contributed by atoms with Gasteiger partial charge in [0.25, 0.3) is 0 Å². The maximum atomic E-state index is 11.8. The van der Waals surface area contributed by atoms with Gasteiger partial charge in [-0.1, -0.05) is 27.7 Å². The van der Waals surface area contributed by atoms with Crippen molar-refractivity contribution in [2.45, 2.75) is 34.1 Å². The average molecular weight is 177 g/mol. The Balaban J connectivity index is 2.60. The van der Waals surface area contributed by atoms with Crippen LogP contribution in [0.5, 0.6) is 0 Å². The molecule has 2 rings (SSSR count). The minimum atomic E-state index is -0.378. The molecule has 2 aliphatic carbocycles. The summed E-state index contributed by atoms with van der Waals surface area (Å²) in [6, 6.07) is 2.40. The Hall–Kier alpha value is -0.840. The molecule has 2 saturated carbocycles. The van der Waals surface area contributed by atoms with Crippen LogP contribution < -0.4 is 0 Å². The van der Waals surface area contributed by atoms with Gasteiger partial charge in [-0.05, 0) is 11.3 Å². The lowest BCUT2D eigenvalue weighted by molar-refractivity contribution is -0.123. The number of fused-ring (bicyclic) bond motifs is 1. The van der Waals surface area contributed by atoms with Gasteiger partial charge in [0.15, 0.2) is 0 Å². The van der Waals surface area contributed by atoms with Crippen molar-refractivity contribution in [2.24, 2.45) is 22.2 Å². The smallest absolute Gasteiger partial charge is 0.141 e. The topological polar surface area (TPSA) is 40.9 Å². The minimum absolute atomic E-state index is 0.122. The van der Waals surface area contributed by atoms with Crippen molar-refractivity contribution in [3.63, 3.8) is 0 Å². The molecule has 0 aliphatic heterocycles. The molecule has 0 spiro atoms. The highest BCUT2D eigenvalue weighted by Gasteiger charge is 2.88. The van der Waals surface area contributed by atoms with Crippen LogP contribution in [0.15, 0.2) is 0 Å². The Bertz CT molecular complexity index is 338. The minimum Gasteiger partial charge on any atom is -0.299 e. The van der Waals surface area contributed by atoms with Gasteiger partial charge in [-0.3, -0.25) is 4.79 Å². The summed E-state index contributed by atoms with van der Waals surface area (Å²) in [5.74, 6) is 0.511. The number of nitrogens with zero attached hydrogens (tertiary/aromatic N) is 1. The number of Topliss-reactive ketones (excluding diaryl/α,β-unsaturated/α-hetero) is 1. The van der Waals surface area contributed by atoms with Gasteiger partial charge in [0, 0.05) is 6.42 Å². The molecule has 0 aromatic rings. The van der Waals surface area contributed by atoms with E-state index in [1.165, 1.54) is 0 Å². The molecule has 70 valence electrons. The predicted octanol–water partition coefficient (Wildman–Crippen LogP) is 2.15. The zero-order valence-electron chi connectivity index (χ0n) is 8.64. The van der Waals surface area contributed by atoms with Crippen molar-refractivity contribution in [2.75, 3.05) is 0 Å². The number of hydrogen-bond acceptors (Lipinski definition) is 2. The quantitative estimate of drug-likeness (QED) is 0.569. The Morgan fingerprint density at radius 1 is 1.46 bits per heavy atom. The fourth-order valence-corrected chi connectivity index (χ4v) is 3.81. The van der Waals surface area contributed by atoms with E-state index in [2.05, 4.69) is 6.07 Å². The largest absolute Gasteiger partial charge is 0.299 e. The summed E-state index contributed by atoms with van der Waals surface area (Å²) in [6.07, 6.45) is 0.591. The van der Waals surface area contributed by atoms with Gasteiger partial charge in [0.1, 0.15) is 5.78 Å². The molecule has 2 heteroatoms. The van der Waals surface area contributed by atoms with Gasteiger partial charge < -0.3 is 0 Å². The van der Waals surface area contributed by atoms with Gasteiger partial charge in [0.2, 0.25) is 0 Å². The third-order valence-electron chi connectivity index (χ3n) is 4.93. The number of carbonyl (C=O) groups is 1. The summed E-state index contributed by atoms with van der Waals surface area (Å²) in [6.45, 7) is 8.08. The molecule has 3 atom stereocenters. The Morgan fingerprint density at radius 3 is 2.23 bits per heavy atom. The van der Waals surface area contributed by atoms with E-state index in [0.717, 1.165) is 0 Å². The van der Waals surface area contributed by atoms with Crippen molar-refractivity contribution < 1.29 is 4.79 Å². The highest BCUT2D eigenvalue weighted by atomic mass is 16.1. The van der Waals surface area contributed by atoms with E-state index < -0.39 is 0 Å². The third-order valence-corrected chi connectivity index (χ3v) is 4.93. The monoisotopic (exact) mass is 177 g/mol. The van der Waals surface area contributed by atoms with E-state index in [-0.39, 0.29) is 27.9 Å². The first-order valence-electron chi connectivity index (χ1n) is 4.81. The molecule has 0 bridgehead atoms. The summed E-state index contributed by atoms with van der Waals surface area (Å²) >= 11 is 0. The molecule has 0 saturated heterocycles. The van der Waals surface area contributed by atoms with E-state index in [1.54, 1.807) is 0 Å². The second-order valence-corrected chi connectivity index (χ2v) is 5.20. The molecular weight excluding hydrogens is 162 g/mol. The molecule has 3 unspecified atom stereocenters. The summed E-state index contributed by atoms with van der Waals surface area (Å²) in [4.78, 5) is 11.8. The highest BCUT2D eigenvalue weighted by Crippen LogP contribution is 2.84. The van der Waals surface area contributed by atoms with Crippen molar-refractivity contribution in [1.29, 1.82) is 5.26 Å². The van der Waals surface area contributed by atoms with E-state index in [1.807, 2.05) is 27.7 Å². The molecule has 2 nitrogen and oxygen atoms in total. The lowest BCUT2D eigenvalue weighted by Crippen LogP contribution is -2.18. The van der Waals surface area contributed by atoms with Crippen molar-refractivity contribution in [1.82, 2.24) is 0 Å². The Kier molecular flexibility index (Phi) is 1.22. The van der Waals surface area contributed by atoms with Crippen LogP contribution in [0.2, 0.25) is 0 Å². The summed E-state index contributed by atoms with van der Waals surface area (Å²) < 4.78 is 0. The summed E-state index contributed by atoms with van der Waals surface area (Å²) in [7, 11) is 0. The molecule has 0 N–H and O–H groups in total. The van der Waals surface area contributed by atoms with Crippen molar-refractivity contribution >= 4 is 5.78 Å². The highest BCUT2D eigenvalue weighted by molar-refractivity contribution is 5.95.